The molecule has 0 saturated carbocycles. The van der Waals surface area contributed by atoms with Gasteiger partial charge in [0.2, 0.25) is 0 Å². The zero-order chi connectivity index (χ0) is 14.8. The van der Waals surface area contributed by atoms with E-state index in [1.807, 2.05) is 24.8 Å². The molecule has 0 aromatic carbocycles. The van der Waals surface area contributed by atoms with Crippen molar-refractivity contribution >= 4 is 6.03 Å². The highest BCUT2D eigenvalue weighted by atomic mass is 16.5. The normalized spacial score (nSPS) is 27.0. The van der Waals surface area contributed by atoms with Gasteiger partial charge in [0.25, 0.3) is 0 Å². The summed E-state index contributed by atoms with van der Waals surface area (Å²) >= 11 is 0. The number of ether oxygens (including phenoxy) is 1. The fraction of sp³-hybridized carbons (Fsp3) is 0.733. The molecule has 1 N–H and O–H groups in total. The molecule has 1 aromatic rings. The van der Waals surface area contributed by atoms with Gasteiger partial charge in [-0.2, -0.15) is 0 Å². The predicted octanol–water partition coefficient (Wildman–Crippen LogP) is 2.40. The van der Waals surface area contributed by atoms with Gasteiger partial charge < -0.3 is 19.5 Å². The fourth-order valence-electron chi connectivity index (χ4n) is 3.21. The second kappa shape index (κ2) is 6.05. The van der Waals surface area contributed by atoms with Crippen LogP contribution in [0.2, 0.25) is 0 Å². The van der Waals surface area contributed by atoms with E-state index < -0.39 is 0 Å². The lowest BCUT2D eigenvalue weighted by Crippen LogP contribution is -2.47. The summed E-state index contributed by atoms with van der Waals surface area (Å²) in [6.45, 7) is 5.46. The van der Waals surface area contributed by atoms with Crippen molar-refractivity contribution in [3.8, 4) is 0 Å². The van der Waals surface area contributed by atoms with Crippen LogP contribution in [0.15, 0.2) is 10.6 Å². The number of hydrogen-bond acceptors (Lipinski definition) is 4. The van der Waals surface area contributed by atoms with Crippen LogP contribution in [0.1, 0.15) is 50.1 Å². The van der Waals surface area contributed by atoms with E-state index in [-0.39, 0.29) is 24.2 Å². The number of aryl methyl sites for hydroxylation is 1. The summed E-state index contributed by atoms with van der Waals surface area (Å²) in [6.07, 6.45) is 4.16. The van der Waals surface area contributed by atoms with Crippen molar-refractivity contribution in [1.29, 1.82) is 0 Å². The summed E-state index contributed by atoms with van der Waals surface area (Å²) in [4.78, 5) is 14.4. The Hall–Kier alpha value is -1.56. The standard InChI is InChI=1S/C15H23N3O3/c1-10-9-14(21-17-10)12-5-3-7-18(12)15(19)16-11(2)13-6-4-8-20-13/h9,11-13H,3-8H2,1-2H3,(H,16,19). The summed E-state index contributed by atoms with van der Waals surface area (Å²) in [7, 11) is 0. The van der Waals surface area contributed by atoms with Crippen LogP contribution >= 0.6 is 0 Å². The Labute approximate surface area is 124 Å². The highest BCUT2D eigenvalue weighted by molar-refractivity contribution is 5.75. The third-order valence-electron chi connectivity index (χ3n) is 4.36. The van der Waals surface area contributed by atoms with E-state index >= 15 is 0 Å². The molecule has 3 unspecified atom stereocenters. The van der Waals surface area contributed by atoms with E-state index in [1.165, 1.54) is 0 Å². The molecule has 0 radical (unpaired) electrons. The van der Waals surface area contributed by atoms with E-state index in [9.17, 15) is 4.79 Å². The van der Waals surface area contributed by atoms with Gasteiger partial charge in [0.05, 0.1) is 23.9 Å². The number of rotatable bonds is 3. The Balaban J connectivity index is 1.63. The maximum Gasteiger partial charge on any atom is 0.318 e. The summed E-state index contributed by atoms with van der Waals surface area (Å²) in [5.41, 5.74) is 0.852. The number of amides is 2. The second-order valence-corrected chi connectivity index (χ2v) is 6.01. The first kappa shape index (κ1) is 14.4. The topological polar surface area (TPSA) is 67.6 Å². The molecule has 21 heavy (non-hydrogen) atoms. The number of urea groups is 1. The lowest BCUT2D eigenvalue weighted by Gasteiger charge is -2.27. The van der Waals surface area contributed by atoms with Gasteiger partial charge in [0.1, 0.15) is 0 Å². The molecule has 0 aliphatic carbocycles. The highest BCUT2D eigenvalue weighted by Gasteiger charge is 2.34. The van der Waals surface area contributed by atoms with E-state index in [1.54, 1.807) is 0 Å². The number of likely N-dealkylation sites (tertiary alicyclic amines) is 1. The van der Waals surface area contributed by atoms with Gasteiger partial charge in [0.15, 0.2) is 5.76 Å². The second-order valence-electron chi connectivity index (χ2n) is 6.01. The van der Waals surface area contributed by atoms with Crippen LogP contribution in [0, 0.1) is 6.92 Å². The molecule has 2 fully saturated rings. The minimum absolute atomic E-state index is 0.00268. The molecule has 2 amide bonds. The Morgan fingerprint density at radius 1 is 1.48 bits per heavy atom. The first-order valence-corrected chi connectivity index (χ1v) is 7.77. The van der Waals surface area contributed by atoms with E-state index in [0.29, 0.717) is 0 Å². The first-order chi connectivity index (χ1) is 10.1. The summed E-state index contributed by atoms with van der Waals surface area (Å²) in [5, 5.41) is 7.00. The Bertz CT molecular complexity index is 496. The molecular weight excluding hydrogens is 270 g/mol. The number of carbonyl (C=O) groups is 1. The van der Waals surface area contributed by atoms with Gasteiger partial charge in [-0.3, -0.25) is 0 Å². The summed E-state index contributed by atoms with van der Waals surface area (Å²) in [5.74, 6) is 0.782. The predicted molar refractivity (Wildman–Crippen MR) is 76.9 cm³/mol. The lowest BCUT2D eigenvalue weighted by molar-refractivity contribution is 0.0825. The van der Waals surface area contributed by atoms with E-state index in [4.69, 9.17) is 9.26 Å². The SMILES string of the molecule is Cc1cc(C2CCCN2C(=O)NC(C)C2CCCO2)on1. The largest absolute Gasteiger partial charge is 0.376 e. The Kier molecular flexibility index (Phi) is 4.14. The molecule has 1 aromatic heterocycles. The van der Waals surface area contributed by atoms with Gasteiger partial charge in [-0.1, -0.05) is 5.16 Å². The van der Waals surface area contributed by atoms with Crippen molar-refractivity contribution in [1.82, 2.24) is 15.4 Å². The van der Waals surface area contributed by atoms with Crippen LogP contribution in [0.3, 0.4) is 0 Å². The number of carbonyl (C=O) groups excluding carboxylic acids is 1. The Morgan fingerprint density at radius 2 is 2.33 bits per heavy atom. The van der Waals surface area contributed by atoms with Crippen LogP contribution in [-0.2, 0) is 4.74 Å². The summed E-state index contributed by atoms with van der Waals surface area (Å²) in [6, 6.07) is 1.93. The molecule has 3 rings (SSSR count). The van der Waals surface area contributed by atoms with Crippen molar-refractivity contribution in [3.05, 3.63) is 17.5 Å². The van der Waals surface area contributed by atoms with Crippen LogP contribution in [0.5, 0.6) is 0 Å². The van der Waals surface area contributed by atoms with Crippen molar-refractivity contribution in [2.45, 2.75) is 57.7 Å². The molecule has 0 bridgehead atoms. The molecule has 116 valence electrons. The smallest absolute Gasteiger partial charge is 0.318 e. The minimum atomic E-state index is -0.0328. The molecule has 2 aliphatic rings. The van der Waals surface area contributed by atoms with E-state index in [0.717, 1.165) is 50.3 Å². The molecule has 0 spiro atoms. The number of aromatic nitrogens is 1. The quantitative estimate of drug-likeness (QED) is 0.929. The van der Waals surface area contributed by atoms with Crippen molar-refractivity contribution in [3.63, 3.8) is 0 Å². The maximum atomic E-state index is 12.5. The monoisotopic (exact) mass is 293 g/mol. The van der Waals surface area contributed by atoms with Crippen LogP contribution in [0.25, 0.3) is 0 Å². The first-order valence-electron chi connectivity index (χ1n) is 7.77. The molecule has 6 nitrogen and oxygen atoms in total. The third kappa shape index (κ3) is 3.05. The van der Waals surface area contributed by atoms with Gasteiger partial charge in [0, 0.05) is 19.2 Å². The van der Waals surface area contributed by atoms with Crippen LogP contribution < -0.4 is 5.32 Å². The lowest BCUT2D eigenvalue weighted by atomic mass is 10.1. The number of nitrogens with one attached hydrogen (secondary N) is 1. The van der Waals surface area contributed by atoms with Gasteiger partial charge in [-0.05, 0) is 39.5 Å². The van der Waals surface area contributed by atoms with Crippen molar-refractivity contribution in [2.75, 3.05) is 13.2 Å². The van der Waals surface area contributed by atoms with Crippen molar-refractivity contribution < 1.29 is 14.1 Å². The van der Waals surface area contributed by atoms with Crippen molar-refractivity contribution in [2.24, 2.45) is 0 Å². The average molecular weight is 293 g/mol. The van der Waals surface area contributed by atoms with Crippen LogP contribution in [-0.4, -0.2) is 41.4 Å². The Morgan fingerprint density at radius 3 is 3.00 bits per heavy atom. The highest BCUT2D eigenvalue weighted by Crippen LogP contribution is 2.32. The summed E-state index contributed by atoms with van der Waals surface area (Å²) < 4.78 is 11.0. The molecule has 3 heterocycles. The number of nitrogens with zero attached hydrogens (tertiary/aromatic N) is 2. The molecule has 6 heteroatoms. The molecular formula is C15H23N3O3. The zero-order valence-corrected chi connectivity index (χ0v) is 12.7. The maximum absolute atomic E-state index is 12.5. The minimum Gasteiger partial charge on any atom is -0.376 e. The molecule has 2 aliphatic heterocycles. The van der Waals surface area contributed by atoms with Gasteiger partial charge >= 0.3 is 6.03 Å². The molecule has 3 atom stereocenters. The average Bonchev–Trinajstić information content (AvgIpc) is 3.19. The number of hydrogen-bond donors (Lipinski definition) is 1. The van der Waals surface area contributed by atoms with Crippen LogP contribution in [0.4, 0.5) is 4.79 Å². The van der Waals surface area contributed by atoms with Gasteiger partial charge in [-0.15, -0.1) is 0 Å². The van der Waals surface area contributed by atoms with E-state index in [2.05, 4.69) is 10.5 Å². The fourth-order valence-corrected chi connectivity index (χ4v) is 3.21. The third-order valence-corrected chi connectivity index (χ3v) is 4.36. The zero-order valence-electron chi connectivity index (χ0n) is 12.7. The van der Waals surface area contributed by atoms with Gasteiger partial charge in [-0.25, -0.2) is 4.79 Å². The molecule has 2 saturated heterocycles.